The summed E-state index contributed by atoms with van der Waals surface area (Å²) < 4.78 is 7.82. The highest BCUT2D eigenvalue weighted by Crippen LogP contribution is 2.29. The zero-order valence-corrected chi connectivity index (χ0v) is 17.0. The molecule has 8 heteroatoms. The maximum Gasteiger partial charge on any atom is 0.279 e. The first kappa shape index (κ1) is 18.3. The van der Waals surface area contributed by atoms with Gasteiger partial charge < -0.3 is 9.84 Å². The average molecular weight is 450 g/mol. The molecule has 0 saturated carbocycles. The number of carbonyl (C=O) groups is 1. The Hall–Kier alpha value is -2.12. The van der Waals surface area contributed by atoms with Crippen LogP contribution in [-0.2, 0) is 19.4 Å². The van der Waals surface area contributed by atoms with Crippen LogP contribution in [0.4, 0.5) is 5.82 Å². The third kappa shape index (κ3) is 3.94. The number of aromatic nitrogens is 3. The van der Waals surface area contributed by atoms with Gasteiger partial charge in [0.15, 0.2) is 11.5 Å². The number of hydrogen-bond donors (Lipinski definition) is 1. The molecule has 2 heterocycles. The van der Waals surface area contributed by atoms with Crippen LogP contribution in [0, 0.1) is 5.92 Å². The Balaban J connectivity index is 1.50. The second-order valence-electron chi connectivity index (χ2n) is 6.88. The van der Waals surface area contributed by atoms with Crippen molar-refractivity contribution in [2.75, 3.05) is 5.32 Å². The molecule has 3 aromatic rings. The van der Waals surface area contributed by atoms with Gasteiger partial charge in [0.25, 0.3) is 5.91 Å². The van der Waals surface area contributed by atoms with Crippen molar-refractivity contribution in [2.45, 2.75) is 32.7 Å². The van der Waals surface area contributed by atoms with Gasteiger partial charge in [0.1, 0.15) is 5.76 Å². The van der Waals surface area contributed by atoms with E-state index in [1.54, 1.807) is 4.68 Å². The van der Waals surface area contributed by atoms with Crippen LogP contribution in [0.3, 0.4) is 0 Å². The molecule has 0 radical (unpaired) electrons. The van der Waals surface area contributed by atoms with Gasteiger partial charge in [0.05, 0.1) is 11.0 Å². The van der Waals surface area contributed by atoms with E-state index in [1.807, 2.05) is 30.5 Å². The smallest absolute Gasteiger partial charge is 0.279 e. The molecule has 2 aromatic heterocycles. The average Bonchev–Trinajstić information content (AvgIpc) is 3.20. The van der Waals surface area contributed by atoms with Crippen LogP contribution in [0.25, 0.3) is 0 Å². The fourth-order valence-electron chi connectivity index (χ4n) is 3.26. The molecule has 1 N–H and O–H groups in total. The monoisotopic (exact) mass is 448 g/mol. The van der Waals surface area contributed by atoms with Crippen molar-refractivity contribution in [3.05, 3.63) is 62.5 Å². The van der Waals surface area contributed by atoms with Crippen LogP contribution in [0.5, 0.6) is 0 Å². The van der Waals surface area contributed by atoms with E-state index in [4.69, 9.17) is 16.1 Å². The van der Waals surface area contributed by atoms with Crippen LogP contribution < -0.4 is 5.32 Å². The molecule has 0 saturated heterocycles. The Bertz CT molecular complexity index is 980. The number of halogens is 2. The van der Waals surface area contributed by atoms with Gasteiger partial charge in [-0.15, -0.1) is 0 Å². The van der Waals surface area contributed by atoms with Crippen LogP contribution in [-0.4, -0.2) is 20.8 Å². The number of fused-ring (bicyclic) bond motifs is 1. The van der Waals surface area contributed by atoms with Gasteiger partial charge in [-0.25, -0.2) is 0 Å². The number of nitrogens with one attached hydrogen (secondary N) is 1. The minimum Gasteiger partial charge on any atom is -0.360 e. The quantitative estimate of drug-likeness (QED) is 0.626. The van der Waals surface area contributed by atoms with Crippen molar-refractivity contribution in [1.29, 1.82) is 0 Å². The first-order chi connectivity index (χ1) is 13.0. The lowest BCUT2D eigenvalue weighted by molar-refractivity contribution is 0.101. The second-order valence-corrected chi connectivity index (χ2v) is 8.18. The number of anilines is 1. The van der Waals surface area contributed by atoms with Crippen molar-refractivity contribution in [1.82, 2.24) is 14.9 Å². The van der Waals surface area contributed by atoms with Gasteiger partial charge in [-0.05, 0) is 52.4 Å². The predicted molar refractivity (Wildman–Crippen MR) is 106 cm³/mol. The Kier molecular flexibility index (Phi) is 5.06. The number of nitrogens with zero attached hydrogens (tertiary/aromatic N) is 3. The van der Waals surface area contributed by atoms with Gasteiger partial charge in [-0.3, -0.25) is 9.48 Å². The van der Waals surface area contributed by atoms with Crippen molar-refractivity contribution >= 4 is 39.3 Å². The summed E-state index contributed by atoms with van der Waals surface area (Å²) >= 11 is 9.37. The van der Waals surface area contributed by atoms with E-state index in [0.29, 0.717) is 33.5 Å². The van der Waals surface area contributed by atoms with E-state index in [2.05, 4.69) is 38.4 Å². The minimum absolute atomic E-state index is 0.299. The summed E-state index contributed by atoms with van der Waals surface area (Å²) in [4.78, 5) is 12.7. The maximum absolute atomic E-state index is 12.7. The molecular formula is C19H18BrClN4O2. The highest BCUT2D eigenvalue weighted by Gasteiger charge is 2.27. The Labute approximate surface area is 170 Å². The number of rotatable bonds is 4. The zero-order valence-electron chi connectivity index (χ0n) is 14.7. The fraction of sp³-hybridized carbons (Fsp3) is 0.316. The molecule has 27 heavy (non-hydrogen) atoms. The third-order valence-corrected chi connectivity index (χ3v) is 5.54. The number of aryl methyl sites for hydroxylation is 1. The summed E-state index contributed by atoms with van der Waals surface area (Å²) in [6.07, 6.45) is 4.53. The number of carbonyl (C=O) groups excluding carboxylic acids is 1. The highest BCUT2D eigenvalue weighted by atomic mass is 79.9. The van der Waals surface area contributed by atoms with E-state index in [1.165, 1.54) is 0 Å². The SMILES string of the molecule is CC1CCc2onc(C(=O)Nc3nn(Cc4ccc(Cl)cc4)cc3Br)c2C1. The Morgan fingerprint density at radius 1 is 1.41 bits per heavy atom. The molecule has 1 aliphatic carbocycles. The minimum atomic E-state index is -0.299. The van der Waals surface area contributed by atoms with Crippen molar-refractivity contribution in [3.8, 4) is 0 Å². The fourth-order valence-corrected chi connectivity index (χ4v) is 3.80. The molecule has 0 spiro atoms. The molecule has 4 rings (SSSR count). The van der Waals surface area contributed by atoms with Crippen LogP contribution in [0.2, 0.25) is 5.02 Å². The van der Waals surface area contributed by atoms with E-state index >= 15 is 0 Å². The molecule has 1 unspecified atom stereocenters. The zero-order chi connectivity index (χ0) is 19.0. The lowest BCUT2D eigenvalue weighted by Crippen LogP contribution is -2.18. The van der Waals surface area contributed by atoms with Crippen molar-refractivity contribution < 1.29 is 9.32 Å². The van der Waals surface area contributed by atoms with Crippen LogP contribution in [0.1, 0.15) is 40.7 Å². The topological polar surface area (TPSA) is 73.0 Å². The van der Waals surface area contributed by atoms with Crippen molar-refractivity contribution in [2.24, 2.45) is 5.92 Å². The van der Waals surface area contributed by atoms with Gasteiger partial charge in [0.2, 0.25) is 0 Å². The Morgan fingerprint density at radius 3 is 2.96 bits per heavy atom. The number of amides is 1. The normalized spacial score (nSPS) is 16.2. The molecule has 0 fully saturated rings. The van der Waals surface area contributed by atoms with E-state index in [9.17, 15) is 4.79 Å². The summed E-state index contributed by atoms with van der Waals surface area (Å²) in [7, 11) is 0. The number of benzene rings is 1. The summed E-state index contributed by atoms with van der Waals surface area (Å²) in [5, 5.41) is 12.0. The molecule has 1 atom stereocenters. The standard InChI is InChI=1S/C19H18BrClN4O2/c1-11-2-7-16-14(8-11)17(24-27-16)19(26)22-18-15(20)10-25(23-18)9-12-3-5-13(21)6-4-12/h3-6,10-11H,2,7-9H2,1H3,(H,22,23,26). The summed E-state index contributed by atoms with van der Waals surface area (Å²) in [5.41, 5.74) is 2.34. The third-order valence-electron chi connectivity index (χ3n) is 4.71. The molecule has 0 bridgehead atoms. The molecule has 1 aliphatic rings. The maximum atomic E-state index is 12.7. The lowest BCUT2D eigenvalue weighted by atomic mass is 9.88. The molecule has 1 amide bonds. The largest absolute Gasteiger partial charge is 0.360 e. The predicted octanol–water partition coefficient (Wildman–Crippen LogP) is 4.71. The second kappa shape index (κ2) is 7.48. The van der Waals surface area contributed by atoms with Gasteiger partial charge in [-0.2, -0.15) is 5.10 Å². The first-order valence-corrected chi connectivity index (χ1v) is 9.93. The van der Waals surface area contributed by atoms with Gasteiger partial charge in [0, 0.05) is 23.2 Å². The van der Waals surface area contributed by atoms with E-state index in [-0.39, 0.29) is 5.91 Å². The van der Waals surface area contributed by atoms with Crippen LogP contribution in [0.15, 0.2) is 39.5 Å². The molecule has 6 nitrogen and oxygen atoms in total. The summed E-state index contributed by atoms with van der Waals surface area (Å²) in [5.74, 6) is 1.50. The first-order valence-electron chi connectivity index (χ1n) is 8.75. The van der Waals surface area contributed by atoms with E-state index in [0.717, 1.165) is 36.1 Å². The van der Waals surface area contributed by atoms with Gasteiger partial charge in [-0.1, -0.05) is 35.8 Å². The van der Waals surface area contributed by atoms with Crippen LogP contribution >= 0.6 is 27.5 Å². The van der Waals surface area contributed by atoms with Gasteiger partial charge >= 0.3 is 0 Å². The summed E-state index contributed by atoms with van der Waals surface area (Å²) in [6.45, 7) is 2.75. The highest BCUT2D eigenvalue weighted by molar-refractivity contribution is 9.10. The van der Waals surface area contributed by atoms with Crippen molar-refractivity contribution in [3.63, 3.8) is 0 Å². The molecule has 0 aliphatic heterocycles. The molecule has 1 aromatic carbocycles. The lowest BCUT2D eigenvalue weighted by Gasteiger charge is -2.16. The Morgan fingerprint density at radius 2 is 2.19 bits per heavy atom. The molecule has 140 valence electrons. The van der Waals surface area contributed by atoms with E-state index < -0.39 is 0 Å². The number of hydrogen-bond acceptors (Lipinski definition) is 4. The summed E-state index contributed by atoms with van der Waals surface area (Å²) in [6, 6.07) is 7.57. The molecular weight excluding hydrogens is 432 g/mol.